The SMILES string of the molecule is CC1CCN(CCNc2nc3ccccc3[nH]2)CC1. The van der Waals surface area contributed by atoms with Crippen molar-refractivity contribution >= 4 is 17.0 Å². The summed E-state index contributed by atoms with van der Waals surface area (Å²) in [7, 11) is 0. The second-order valence-electron chi connectivity index (χ2n) is 5.55. The molecule has 2 heterocycles. The number of aromatic nitrogens is 2. The number of aromatic amines is 1. The number of hydrogen-bond acceptors (Lipinski definition) is 3. The van der Waals surface area contributed by atoms with Gasteiger partial charge in [0.05, 0.1) is 11.0 Å². The summed E-state index contributed by atoms with van der Waals surface area (Å²) in [6.45, 7) is 6.88. The number of anilines is 1. The fraction of sp³-hybridized carbons (Fsp3) is 0.533. The summed E-state index contributed by atoms with van der Waals surface area (Å²) in [5.41, 5.74) is 2.12. The molecule has 0 spiro atoms. The summed E-state index contributed by atoms with van der Waals surface area (Å²) in [5.74, 6) is 1.78. The van der Waals surface area contributed by atoms with Crippen LogP contribution in [0.2, 0.25) is 0 Å². The van der Waals surface area contributed by atoms with E-state index in [9.17, 15) is 0 Å². The number of H-pyrrole nitrogens is 1. The van der Waals surface area contributed by atoms with Crippen LogP contribution >= 0.6 is 0 Å². The molecule has 0 radical (unpaired) electrons. The standard InChI is InChI=1S/C15H22N4/c1-12-6-9-19(10-7-12)11-8-16-15-17-13-4-2-3-5-14(13)18-15/h2-5,12H,6-11H2,1H3,(H2,16,17,18). The van der Waals surface area contributed by atoms with E-state index in [0.717, 1.165) is 36.0 Å². The lowest BCUT2D eigenvalue weighted by atomic mass is 9.99. The lowest BCUT2D eigenvalue weighted by molar-refractivity contribution is 0.199. The molecule has 3 rings (SSSR count). The summed E-state index contributed by atoms with van der Waals surface area (Å²) < 4.78 is 0. The van der Waals surface area contributed by atoms with E-state index in [0.29, 0.717) is 0 Å². The monoisotopic (exact) mass is 258 g/mol. The normalized spacial score (nSPS) is 17.9. The Kier molecular flexibility index (Phi) is 3.69. The van der Waals surface area contributed by atoms with Crippen LogP contribution in [0.1, 0.15) is 19.8 Å². The van der Waals surface area contributed by atoms with E-state index in [1.807, 2.05) is 18.2 Å². The van der Waals surface area contributed by atoms with Gasteiger partial charge in [0.25, 0.3) is 0 Å². The van der Waals surface area contributed by atoms with Gasteiger partial charge in [0.1, 0.15) is 0 Å². The Balaban J connectivity index is 1.49. The molecule has 4 heteroatoms. The third-order valence-electron chi connectivity index (χ3n) is 3.99. The van der Waals surface area contributed by atoms with Gasteiger partial charge in [-0.1, -0.05) is 19.1 Å². The molecular formula is C15H22N4. The number of nitrogens with one attached hydrogen (secondary N) is 2. The largest absolute Gasteiger partial charge is 0.355 e. The molecule has 0 amide bonds. The van der Waals surface area contributed by atoms with Crippen molar-refractivity contribution in [3.05, 3.63) is 24.3 Å². The maximum atomic E-state index is 4.52. The van der Waals surface area contributed by atoms with Crippen LogP contribution in [0.4, 0.5) is 5.95 Å². The lowest BCUT2D eigenvalue weighted by Crippen LogP contribution is -2.36. The topological polar surface area (TPSA) is 44.0 Å². The van der Waals surface area contributed by atoms with E-state index in [1.165, 1.54) is 25.9 Å². The Hall–Kier alpha value is -1.55. The fourth-order valence-electron chi connectivity index (χ4n) is 2.65. The van der Waals surface area contributed by atoms with E-state index < -0.39 is 0 Å². The van der Waals surface area contributed by atoms with Crippen molar-refractivity contribution in [2.45, 2.75) is 19.8 Å². The number of likely N-dealkylation sites (tertiary alicyclic amines) is 1. The average Bonchev–Trinajstić information content (AvgIpc) is 2.83. The molecule has 1 aliphatic heterocycles. The minimum Gasteiger partial charge on any atom is -0.355 e. The molecule has 0 unspecified atom stereocenters. The fourth-order valence-corrected chi connectivity index (χ4v) is 2.65. The first kappa shape index (κ1) is 12.5. The molecule has 1 saturated heterocycles. The van der Waals surface area contributed by atoms with Crippen molar-refractivity contribution < 1.29 is 0 Å². The van der Waals surface area contributed by atoms with Gasteiger partial charge in [-0.2, -0.15) is 0 Å². The highest BCUT2D eigenvalue weighted by atomic mass is 15.2. The third kappa shape index (κ3) is 3.07. The predicted molar refractivity (Wildman–Crippen MR) is 79.4 cm³/mol. The van der Waals surface area contributed by atoms with Crippen LogP contribution in [0, 0.1) is 5.92 Å². The van der Waals surface area contributed by atoms with Crippen molar-refractivity contribution in [3.63, 3.8) is 0 Å². The molecule has 1 aliphatic rings. The lowest BCUT2D eigenvalue weighted by Gasteiger charge is -2.30. The molecule has 4 nitrogen and oxygen atoms in total. The quantitative estimate of drug-likeness (QED) is 0.886. The van der Waals surface area contributed by atoms with Crippen LogP contribution in [0.25, 0.3) is 11.0 Å². The Labute approximate surface area is 114 Å². The highest BCUT2D eigenvalue weighted by Gasteiger charge is 2.14. The highest BCUT2D eigenvalue weighted by Crippen LogP contribution is 2.16. The second kappa shape index (κ2) is 5.61. The highest BCUT2D eigenvalue weighted by molar-refractivity contribution is 5.77. The predicted octanol–water partition coefficient (Wildman–Crippen LogP) is 2.71. The van der Waals surface area contributed by atoms with Crippen molar-refractivity contribution in [1.82, 2.24) is 14.9 Å². The molecule has 0 bridgehead atoms. The molecule has 19 heavy (non-hydrogen) atoms. The summed E-state index contributed by atoms with van der Waals surface area (Å²) >= 11 is 0. The van der Waals surface area contributed by atoms with E-state index in [2.05, 4.69) is 33.2 Å². The van der Waals surface area contributed by atoms with Gasteiger partial charge in [-0.25, -0.2) is 4.98 Å². The summed E-state index contributed by atoms with van der Waals surface area (Å²) in [6, 6.07) is 8.13. The zero-order chi connectivity index (χ0) is 13.1. The first-order valence-corrected chi connectivity index (χ1v) is 7.22. The zero-order valence-corrected chi connectivity index (χ0v) is 11.5. The van der Waals surface area contributed by atoms with Gasteiger partial charge >= 0.3 is 0 Å². The van der Waals surface area contributed by atoms with E-state index >= 15 is 0 Å². The number of piperidine rings is 1. The number of hydrogen-bond donors (Lipinski definition) is 2. The van der Waals surface area contributed by atoms with E-state index in [-0.39, 0.29) is 0 Å². The van der Waals surface area contributed by atoms with Crippen LogP contribution in [0.5, 0.6) is 0 Å². The molecule has 102 valence electrons. The van der Waals surface area contributed by atoms with Gasteiger partial charge in [0, 0.05) is 13.1 Å². The summed E-state index contributed by atoms with van der Waals surface area (Å²) in [4.78, 5) is 10.4. The van der Waals surface area contributed by atoms with Gasteiger partial charge in [-0.15, -0.1) is 0 Å². The van der Waals surface area contributed by atoms with Crippen LogP contribution in [-0.4, -0.2) is 41.0 Å². The smallest absolute Gasteiger partial charge is 0.201 e. The first-order valence-electron chi connectivity index (χ1n) is 7.22. The minimum atomic E-state index is 0.881. The number of rotatable bonds is 4. The van der Waals surface area contributed by atoms with Gasteiger partial charge in [-0.3, -0.25) is 0 Å². The van der Waals surface area contributed by atoms with Gasteiger partial charge in [0.15, 0.2) is 0 Å². The Morgan fingerprint density at radius 3 is 2.89 bits per heavy atom. The number of fused-ring (bicyclic) bond motifs is 1. The van der Waals surface area contributed by atoms with Crippen LogP contribution in [0.3, 0.4) is 0 Å². The van der Waals surface area contributed by atoms with Crippen LogP contribution < -0.4 is 5.32 Å². The molecule has 2 N–H and O–H groups in total. The molecule has 1 aromatic carbocycles. The summed E-state index contributed by atoms with van der Waals surface area (Å²) in [5, 5.41) is 3.38. The maximum Gasteiger partial charge on any atom is 0.201 e. The van der Waals surface area contributed by atoms with Gasteiger partial charge < -0.3 is 15.2 Å². The Morgan fingerprint density at radius 2 is 2.11 bits per heavy atom. The molecule has 0 aliphatic carbocycles. The molecule has 1 fully saturated rings. The zero-order valence-electron chi connectivity index (χ0n) is 11.5. The first-order chi connectivity index (χ1) is 9.31. The molecule has 1 aromatic heterocycles. The van der Waals surface area contributed by atoms with Crippen molar-refractivity contribution in [3.8, 4) is 0 Å². The number of benzene rings is 1. The molecule has 2 aromatic rings. The number of para-hydroxylation sites is 2. The van der Waals surface area contributed by atoms with Crippen molar-refractivity contribution in [2.75, 3.05) is 31.5 Å². The molecule has 0 saturated carbocycles. The van der Waals surface area contributed by atoms with Crippen LogP contribution in [-0.2, 0) is 0 Å². The second-order valence-corrected chi connectivity index (χ2v) is 5.55. The third-order valence-corrected chi connectivity index (χ3v) is 3.99. The van der Waals surface area contributed by atoms with Gasteiger partial charge in [0.2, 0.25) is 5.95 Å². The van der Waals surface area contributed by atoms with Crippen LogP contribution in [0.15, 0.2) is 24.3 Å². The van der Waals surface area contributed by atoms with E-state index in [1.54, 1.807) is 0 Å². The Morgan fingerprint density at radius 1 is 1.32 bits per heavy atom. The van der Waals surface area contributed by atoms with E-state index in [4.69, 9.17) is 0 Å². The van der Waals surface area contributed by atoms with Crippen molar-refractivity contribution in [1.29, 1.82) is 0 Å². The number of nitrogens with zero attached hydrogens (tertiary/aromatic N) is 2. The van der Waals surface area contributed by atoms with Crippen molar-refractivity contribution in [2.24, 2.45) is 5.92 Å². The number of imidazole rings is 1. The average molecular weight is 258 g/mol. The Bertz CT molecular complexity index is 493. The minimum absolute atomic E-state index is 0.881. The summed E-state index contributed by atoms with van der Waals surface area (Å²) in [6.07, 6.45) is 2.68. The molecule has 0 atom stereocenters. The molecular weight excluding hydrogens is 236 g/mol. The van der Waals surface area contributed by atoms with Gasteiger partial charge in [-0.05, 0) is 44.0 Å². The maximum absolute atomic E-state index is 4.52.